The first kappa shape index (κ1) is 10.0. The summed E-state index contributed by atoms with van der Waals surface area (Å²) >= 11 is 0. The predicted octanol–water partition coefficient (Wildman–Crippen LogP) is 1.15. The van der Waals surface area contributed by atoms with Gasteiger partial charge in [0, 0.05) is 43.6 Å². The summed E-state index contributed by atoms with van der Waals surface area (Å²) in [6, 6.07) is 3.86. The normalized spacial score (nSPS) is 29.3. The fourth-order valence-corrected chi connectivity index (χ4v) is 3.01. The van der Waals surface area contributed by atoms with E-state index in [4.69, 9.17) is 0 Å². The molecule has 0 aliphatic carbocycles. The van der Waals surface area contributed by atoms with Crippen LogP contribution in [0.5, 0.6) is 0 Å². The summed E-state index contributed by atoms with van der Waals surface area (Å²) in [4.78, 5) is 13.7. The van der Waals surface area contributed by atoms with E-state index in [0.717, 1.165) is 12.5 Å². The van der Waals surface area contributed by atoms with Crippen LogP contribution in [0.1, 0.15) is 20.3 Å². The lowest BCUT2D eigenvalue weighted by molar-refractivity contribution is 0.190. The van der Waals surface area contributed by atoms with Crippen LogP contribution in [0, 0.1) is 0 Å². The van der Waals surface area contributed by atoms with E-state index in [1.165, 1.54) is 13.0 Å². The maximum Gasteiger partial charge on any atom is 0.225 e. The van der Waals surface area contributed by atoms with Crippen molar-refractivity contribution in [2.45, 2.75) is 38.4 Å². The van der Waals surface area contributed by atoms with Gasteiger partial charge in [-0.1, -0.05) is 0 Å². The minimum absolute atomic E-state index is 0.620. The van der Waals surface area contributed by atoms with E-state index in [1.807, 2.05) is 18.5 Å². The minimum Gasteiger partial charge on any atom is -0.335 e. The molecule has 0 radical (unpaired) electrons. The Kier molecular flexibility index (Phi) is 2.32. The Morgan fingerprint density at radius 3 is 2.50 bits per heavy atom. The Bertz CT molecular complexity index is 365. The Morgan fingerprint density at radius 2 is 1.94 bits per heavy atom. The van der Waals surface area contributed by atoms with Crippen LogP contribution in [-0.2, 0) is 0 Å². The molecule has 3 heterocycles. The Balaban J connectivity index is 1.76. The van der Waals surface area contributed by atoms with Crippen LogP contribution in [0.15, 0.2) is 18.5 Å². The Labute approximate surface area is 96.3 Å². The molecule has 1 aromatic rings. The standard InChI is InChI=1S/C12H18N4/c1-9(2)15-7-11-6-10(15)8-16(11)12-13-4-3-5-14-12/h3-5,9-11H,6-8H2,1-2H3/t10-,11-/m0/s1. The maximum absolute atomic E-state index is 4.35. The van der Waals surface area contributed by atoms with Crippen LogP contribution in [0.4, 0.5) is 5.95 Å². The predicted molar refractivity (Wildman–Crippen MR) is 63.4 cm³/mol. The summed E-state index contributed by atoms with van der Waals surface area (Å²) in [5.41, 5.74) is 0. The highest BCUT2D eigenvalue weighted by molar-refractivity contribution is 5.36. The fraction of sp³-hybridized carbons (Fsp3) is 0.667. The molecule has 0 aromatic carbocycles. The lowest BCUT2D eigenvalue weighted by Gasteiger charge is -2.36. The highest BCUT2D eigenvalue weighted by atomic mass is 15.4. The summed E-state index contributed by atoms with van der Waals surface area (Å²) in [6.07, 6.45) is 4.93. The molecule has 2 aliphatic heterocycles. The van der Waals surface area contributed by atoms with Gasteiger partial charge >= 0.3 is 0 Å². The molecular weight excluding hydrogens is 200 g/mol. The van der Waals surface area contributed by atoms with Crippen molar-refractivity contribution >= 4 is 5.95 Å². The first-order chi connectivity index (χ1) is 7.75. The lowest BCUT2D eigenvalue weighted by atomic mass is 10.2. The van der Waals surface area contributed by atoms with Crippen LogP contribution < -0.4 is 4.90 Å². The van der Waals surface area contributed by atoms with Crippen LogP contribution in [-0.4, -0.2) is 46.1 Å². The topological polar surface area (TPSA) is 32.3 Å². The zero-order valence-corrected chi connectivity index (χ0v) is 9.87. The van der Waals surface area contributed by atoms with Crippen LogP contribution in [0.3, 0.4) is 0 Å². The molecular formula is C12H18N4. The minimum atomic E-state index is 0.620. The molecule has 2 bridgehead atoms. The van der Waals surface area contributed by atoms with E-state index >= 15 is 0 Å². The lowest BCUT2D eigenvalue weighted by Crippen LogP contribution is -2.49. The first-order valence-electron chi connectivity index (χ1n) is 6.05. The van der Waals surface area contributed by atoms with Crippen molar-refractivity contribution in [3.05, 3.63) is 18.5 Å². The number of fused-ring (bicyclic) bond motifs is 2. The average Bonchev–Trinajstić information content (AvgIpc) is 2.89. The molecule has 0 spiro atoms. The number of anilines is 1. The summed E-state index contributed by atoms with van der Waals surface area (Å²) in [6.45, 7) is 6.82. The molecule has 4 heteroatoms. The third-order valence-electron chi connectivity index (χ3n) is 3.76. The maximum atomic E-state index is 4.35. The van der Waals surface area contributed by atoms with Crippen molar-refractivity contribution in [3.8, 4) is 0 Å². The number of nitrogens with zero attached hydrogens (tertiary/aromatic N) is 4. The SMILES string of the molecule is CC(C)N1C[C@@H]2C[C@H]1CN2c1ncccn1. The van der Waals surface area contributed by atoms with Crippen LogP contribution >= 0.6 is 0 Å². The summed E-state index contributed by atoms with van der Waals surface area (Å²) in [7, 11) is 0. The van der Waals surface area contributed by atoms with Gasteiger partial charge in [0.25, 0.3) is 0 Å². The zero-order chi connectivity index (χ0) is 11.1. The van der Waals surface area contributed by atoms with Gasteiger partial charge in [0.15, 0.2) is 0 Å². The third kappa shape index (κ3) is 1.48. The van der Waals surface area contributed by atoms with Crippen molar-refractivity contribution in [1.29, 1.82) is 0 Å². The second-order valence-corrected chi connectivity index (χ2v) is 5.04. The number of hydrogen-bond donors (Lipinski definition) is 0. The Morgan fingerprint density at radius 1 is 1.19 bits per heavy atom. The molecule has 86 valence electrons. The monoisotopic (exact) mass is 218 g/mol. The van der Waals surface area contributed by atoms with Gasteiger partial charge in [-0.3, -0.25) is 4.90 Å². The van der Waals surface area contributed by atoms with Gasteiger partial charge in [-0.2, -0.15) is 0 Å². The second kappa shape index (κ2) is 3.70. The average molecular weight is 218 g/mol. The van der Waals surface area contributed by atoms with E-state index < -0.39 is 0 Å². The smallest absolute Gasteiger partial charge is 0.225 e. The molecule has 2 fully saturated rings. The zero-order valence-electron chi connectivity index (χ0n) is 9.87. The van der Waals surface area contributed by atoms with Gasteiger partial charge in [-0.05, 0) is 26.3 Å². The molecule has 0 N–H and O–H groups in total. The number of likely N-dealkylation sites (tertiary alicyclic amines) is 1. The third-order valence-corrected chi connectivity index (χ3v) is 3.76. The van der Waals surface area contributed by atoms with Crippen molar-refractivity contribution in [2.75, 3.05) is 18.0 Å². The molecule has 0 saturated carbocycles. The summed E-state index contributed by atoms with van der Waals surface area (Å²) in [5.74, 6) is 0.901. The van der Waals surface area contributed by atoms with E-state index in [-0.39, 0.29) is 0 Å². The van der Waals surface area contributed by atoms with Crippen LogP contribution in [0.2, 0.25) is 0 Å². The highest BCUT2D eigenvalue weighted by Crippen LogP contribution is 2.33. The molecule has 0 amide bonds. The fourth-order valence-electron chi connectivity index (χ4n) is 3.01. The quantitative estimate of drug-likeness (QED) is 0.745. The molecule has 2 saturated heterocycles. The van der Waals surface area contributed by atoms with Gasteiger partial charge in [-0.25, -0.2) is 9.97 Å². The Hall–Kier alpha value is -1.16. The van der Waals surface area contributed by atoms with Gasteiger partial charge in [0.1, 0.15) is 0 Å². The molecule has 2 atom stereocenters. The van der Waals surface area contributed by atoms with Gasteiger partial charge < -0.3 is 4.90 Å². The molecule has 16 heavy (non-hydrogen) atoms. The van der Waals surface area contributed by atoms with Crippen LogP contribution in [0.25, 0.3) is 0 Å². The van der Waals surface area contributed by atoms with Gasteiger partial charge in [0.05, 0.1) is 0 Å². The van der Waals surface area contributed by atoms with E-state index in [9.17, 15) is 0 Å². The second-order valence-electron chi connectivity index (χ2n) is 5.04. The largest absolute Gasteiger partial charge is 0.335 e. The molecule has 0 unspecified atom stereocenters. The van der Waals surface area contributed by atoms with Crippen molar-refractivity contribution in [1.82, 2.24) is 14.9 Å². The molecule has 2 aliphatic rings. The van der Waals surface area contributed by atoms with Gasteiger partial charge in [-0.15, -0.1) is 0 Å². The number of hydrogen-bond acceptors (Lipinski definition) is 4. The van der Waals surface area contributed by atoms with Gasteiger partial charge in [0.2, 0.25) is 5.95 Å². The number of rotatable bonds is 2. The summed E-state index contributed by atoms with van der Waals surface area (Å²) < 4.78 is 0. The molecule has 4 nitrogen and oxygen atoms in total. The van der Waals surface area contributed by atoms with E-state index in [1.54, 1.807) is 0 Å². The van der Waals surface area contributed by atoms with E-state index in [0.29, 0.717) is 18.1 Å². The molecule has 3 rings (SSSR count). The van der Waals surface area contributed by atoms with Crippen molar-refractivity contribution in [3.63, 3.8) is 0 Å². The van der Waals surface area contributed by atoms with Crippen molar-refractivity contribution < 1.29 is 0 Å². The number of piperazine rings is 1. The first-order valence-corrected chi connectivity index (χ1v) is 6.05. The van der Waals surface area contributed by atoms with Crippen molar-refractivity contribution in [2.24, 2.45) is 0 Å². The number of aromatic nitrogens is 2. The summed E-state index contributed by atoms with van der Waals surface area (Å²) in [5, 5.41) is 0. The highest BCUT2D eigenvalue weighted by Gasteiger charge is 2.44. The molecule has 1 aromatic heterocycles. The van der Waals surface area contributed by atoms with E-state index in [2.05, 4.69) is 33.6 Å².